The number of rotatable bonds is 5. The van der Waals surface area contributed by atoms with Gasteiger partial charge < -0.3 is 14.8 Å². The Hall–Kier alpha value is -1.29. The van der Waals surface area contributed by atoms with E-state index in [2.05, 4.69) is 12.2 Å². The Morgan fingerprint density at radius 1 is 1.56 bits per heavy atom. The Morgan fingerprint density at radius 3 is 2.89 bits per heavy atom. The molecule has 4 heteroatoms. The van der Waals surface area contributed by atoms with E-state index in [9.17, 15) is 4.79 Å². The van der Waals surface area contributed by atoms with E-state index >= 15 is 0 Å². The smallest absolute Gasteiger partial charge is 0.372 e. The molecule has 0 amide bonds. The molecule has 1 aromatic rings. The van der Waals surface area contributed by atoms with E-state index < -0.39 is 5.97 Å². The van der Waals surface area contributed by atoms with Crippen LogP contribution >= 0.6 is 0 Å². The van der Waals surface area contributed by atoms with Gasteiger partial charge in [-0.3, -0.25) is 0 Å². The van der Waals surface area contributed by atoms with Crippen LogP contribution in [0.2, 0.25) is 0 Å². The van der Waals surface area contributed by atoms with Crippen LogP contribution in [0.5, 0.6) is 0 Å². The summed E-state index contributed by atoms with van der Waals surface area (Å²) in [6, 6.07) is 1.80. The van der Waals surface area contributed by atoms with E-state index in [-0.39, 0.29) is 5.76 Å². The van der Waals surface area contributed by atoms with Crippen LogP contribution in [0.3, 0.4) is 0 Å². The molecular formula is C14H21NO3. The Bertz CT molecular complexity index is 425. The van der Waals surface area contributed by atoms with Crippen molar-refractivity contribution in [2.75, 3.05) is 6.54 Å². The second-order valence-corrected chi connectivity index (χ2v) is 5.45. The van der Waals surface area contributed by atoms with E-state index in [0.29, 0.717) is 17.9 Å². The number of carbonyl (C=O) groups is 1. The first kappa shape index (κ1) is 13.1. The molecule has 0 aromatic carbocycles. The van der Waals surface area contributed by atoms with Gasteiger partial charge >= 0.3 is 5.97 Å². The summed E-state index contributed by atoms with van der Waals surface area (Å²) >= 11 is 0. The zero-order valence-electron chi connectivity index (χ0n) is 11.0. The van der Waals surface area contributed by atoms with Gasteiger partial charge in [-0.25, -0.2) is 4.79 Å². The highest BCUT2D eigenvalue weighted by molar-refractivity contribution is 5.86. The first-order valence-electron chi connectivity index (χ1n) is 6.59. The zero-order chi connectivity index (χ0) is 13.1. The highest BCUT2D eigenvalue weighted by Crippen LogP contribution is 2.29. The second kappa shape index (κ2) is 5.57. The quantitative estimate of drug-likeness (QED) is 0.844. The van der Waals surface area contributed by atoms with Crippen LogP contribution in [-0.4, -0.2) is 17.6 Å². The molecule has 1 saturated carbocycles. The standard InChI is InChI=1S/C14H21NO3/c1-9-3-4-11(5-9)7-15-8-12-6-10(2)13(18-12)14(16)17/h6,9,11,15H,3-5,7-8H2,1-2H3,(H,16,17). The SMILES string of the molecule is Cc1cc(CNCC2CCC(C)C2)oc1C(=O)O. The summed E-state index contributed by atoms with van der Waals surface area (Å²) < 4.78 is 5.30. The minimum Gasteiger partial charge on any atom is -0.475 e. The number of carboxylic acids is 1. The Labute approximate surface area is 107 Å². The van der Waals surface area contributed by atoms with Gasteiger partial charge in [0.05, 0.1) is 6.54 Å². The van der Waals surface area contributed by atoms with Crippen molar-refractivity contribution in [2.24, 2.45) is 11.8 Å². The minimum atomic E-state index is -0.997. The lowest BCUT2D eigenvalue weighted by Gasteiger charge is -2.09. The van der Waals surface area contributed by atoms with Gasteiger partial charge in [-0.05, 0) is 44.2 Å². The number of furan rings is 1. The van der Waals surface area contributed by atoms with Crippen molar-refractivity contribution in [3.63, 3.8) is 0 Å². The lowest BCUT2D eigenvalue weighted by atomic mass is 10.1. The highest BCUT2D eigenvalue weighted by Gasteiger charge is 2.21. The van der Waals surface area contributed by atoms with Crippen LogP contribution < -0.4 is 5.32 Å². The molecule has 1 fully saturated rings. The molecule has 1 aliphatic rings. The van der Waals surface area contributed by atoms with Gasteiger partial charge in [0.25, 0.3) is 0 Å². The fourth-order valence-electron chi connectivity index (χ4n) is 2.76. The van der Waals surface area contributed by atoms with Crippen molar-refractivity contribution in [3.8, 4) is 0 Å². The molecule has 0 spiro atoms. The normalized spacial score (nSPS) is 23.4. The summed E-state index contributed by atoms with van der Waals surface area (Å²) in [5, 5.41) is 12.2. The molecule has 2 N–H and O–H groups in total. The fraction of sp³-hybridized carbons (Fsp3) is 0.643. The molecule has 1 aliphatic carbocycles. The molecule has 0 radical (unpaired) electrons. The number of hydrogen-bond donors (Lipinski definition) is 2. The van der Waals surface area contributed by atoms with Crippen molar-refractivity contribution in [1.82, 2.24) is 5.32 Å². The Balaban J connectivity index is 1.80. The van der Waals surface area contributed by atoms with Gasteiger partial charge in [-0.2, -0.15) is 0 Å². The first-order valence-corrected chi connectivity index (χ1v) is 6.59. The van der Waals surface area contributed by atoms with Gasteiger partial charge in [0, 0.05) is 5.56 Å². The average molecular weight is 251 g/mol. The van der Waals surface area contributed by atoms with Crippen molar-refractivity contribution in [2.45, 2.75) is 39.7 Å². The topological polar surface area (TPSA) is 62.5 Å². The largest absolute Gasteiger partial charge is 0.475 e. The van der Waals surface area contributed by atoms with Crippen LogP contribution in [0.25, 0.3) is 0 Å². The van der Waals surface area contributed by atoms with Crippen LogP contribution in [-0.2, 0) is 6.54 Å². The molecule has 100 valence electrons. The van der Waals surface area contributed by atoms with Crippen LogP contribution in [0.4, 0.5) is 0 Å². The summed E-state index contributed by atoms with van der Waals surface area (Å²) in [5.41, 5.74) is 0.689. The summed E-state index contributed by atoms with van der Waals surface area (Å²) in [4.78, 5) is 10.8. The van der Waals surface area contributed by atoms with E-state index in [1.165, 1.54) is 19.3 Å². The third-order valence-corrected chi connectivity index (χ3v) is 3.70. The number of nitrogens with one attached hydrogen (secondary N) is 1. The van der Waals surface area contributed by atoms with Crippen molar-refractivity contribution in [1.29, 1.82) is 0 Å². The van der Waals surface area contributed by atoms with Crippen molar-refractivity contribution in [3.05, 3.63) is 23.2 Å². The second-order valence-electron chi connectivity index (χ2n) is 5.45. The molecule has 18 heavy (non-hydrogen) atoms. The maximum atomic E-state index is 10.8. The zero-order valence-corrected chi connectivity index (χ0v) is 11.0. The molecule has 0 bridgehead atoms. The molecule has 2 atom stereocenters. The van der Waals surface area contributed by atoms with Gasteiger partial charge in [0.2, 0.25) is 5.76 Å². The molecule has 2 rings (SSSR count). The predicted molar refractivity (Wildman–Crippen MR) is 68.6 cm³/mol. The molecule has 2 unspecified atom stereocenters. The fourth-order valence-corrected chi connectivity index (χ4v) is 2.76. The van der Waals surface area contributed by atoms with Crippen LogP contribution in [0.1, 0.15) is 48.1 Å². The van der Waals surface area contributed by atoms with Crippen LogP contribution in [0.15, 0.2) is 10.5 Å². The average Bonchev–Trinajstić information content (AvgIpc) is 2.85. The maximum absolute atomic E-state index is 10.8. The molecule has 1 aromatic heterocycles. The lowest BCUT2D eigenvalue weighted by Crippen LogP contribution is -2.20. The monoisotopic (exact) mass is 251 g/mol. The first-order chi connectivity index (χ1) is 8.56. The van der Waals surface area contributed by atoms with Crippen LogP contribution in [0, 0.1) is 18.8 Å². The summed E-state index contributed by atoms with van der Waals surface area (Å²) in [5.74, 6) is 1.37. The summed E-state index contributed by atoms with van der Waals surface area (Å²) in [7, 11) is 0. The highest BCUT2D eigenvalue weighted by atomic mass is 16.4. The lowest BCUT2D eigenvalue weighted by molar-refractivity contribution is 0.0659. The third kappa shape index (κ3) is 3.13. The molecule has 4 nitrogen and oxygen atoms in total. The number of aromatic carboxylic acids is 1. The van der Waals surface area contributed by atoms with Gasteiger partial charge in [0.1, 0.15) is 5.76 Å². The molecular weight excluding hydrogens is 230 g/mol. The van der Waals surface area contributed by atoms with E-state index in [4.69, 9.17) is 9.52 Å². The summed E-state index contributed by atoms with van der Waals surface area (Å²) in [6.45, 7) is 5.66. The molecule has 0 aliphatic heterocycles. The van der Waals surface area contributed by atoms with Gasteiger partial charge in [-0.1, -0.05) is 13.3 Å². The van der Waals surface area contributed by atoms with Crippen molar-refractivity contribution < 1.29 is 14.3 Å². The molecule has 0 saturated heterocycles. The number of hydrogen-bond acceptors (Lipinski definition) is 3. The van der Waals surface area contributed by atoms with E-state index in [0.717, 1.165) is 18.4 Å². The van der Waals surface area contributed by atoms with Gasteiger partial charge in [-0.15, -0.1) is 0 Å². The maximum Gasteiger partial charge on any atom is 0.372 e. The Kier molecular flexibility index (Phi) is 4.07. The molecule has 1 heterocycles. The number of carboxylic acid groups (broad SMARTS) is 1. The Morgan fingerprint density at radius 2 is 2.33 bits per heavy atom. The summed E-state index contributed by atoms with van der Waals surface area (Å²) in [6.07, 6.45) is 3.92. The predicted octanol–water partition coefficient (Wildman–Crippen LogP) is 2.81. The third-order valence-electron chi connectivity index (χ3n) is 3.70. The van der Waals surface area contributed by atoms with Crippen molar-refractivity contribution >= 4 is 5.97 Å². The number of aryl methyl sites for hydroxylation is 1. The van der Waals surface area contributed by atoms with Gasteiger partial charge in [0.15, 0.2) is 0 Å². The van der Waals surface area contributed by atoms with E-state index in [1.54, 1.807) is 13.0 Å². The minimum absolute atomic E-state index is 0.0567. The van der Waals surface area contributed by atoms with E-state index in [1.807, 2.05) is 0 Å².